The highest BCUT2D eigenvalue weighted by atomic mass is 16.3. The molecule has 29 heavy (non-hydrogen) atoms. The SMILES string of the molecule is Nc1ccc(CNC(=O)C(CCCO)c2ccc3c(c2)[nH]c2ccccc23)cc1. The molecule has 0 saturated carbocycles. The lowest BCUT2D eigenvalue weighted by Gasteiger charge is -2.17. The van der Waals surface area contributed by atoms with Crippen LogP contribution >= 0.6 is 0 Å². The zero-order chi connectivity index (χ0) is 20.2. The minimum atomic E-state index is -0.313. The number of hydrogen-bond donors (Lipinski definition) is 4. The van der Waals surface area contributed by atoms with Gasteiger partial charge < -0.3 is 21.1 Å². The highest BCUT2D eigenvalue weighted by Crippen LogP contribution is 2.30. The predicted octanol–water partition coefficient (Wildman–Crippen LogP) is 4.08. The third-order valence-corrected chi connectivity index (χ3v) is 5.35. The van der Waals surface area contributed by atoms with Crippen molar-refractivity contribution in [2.75, 3.05) is 12.3 Å². The Morgan fingerprint density at radius 2 is 1.76 bits per heavy atom. The number of amides is 1. The zero-order valence-corrected chi connectivity index (χ0v) is 16.2. The molecule has 4 aromatic rings. The van der Waals surface area contributed by atoms with E-state index in [2.05, 4.69) is 34.6 Å². The lowest BCUT2D eigenvalue weighted by Crippen LogP contribution is -2.29. The number of aromatic nitrogens is 1. The number of fused-ring (bicyclic) bond motifs is 3. The van der Waals surface area contributed by atoms with Gasteiger partial charge in [-0.05, 0) is 48.2 Å². The topological polar surface area (TPSA) is 91.1 Å². The number of rotatable bonds is 7. The molecule has 0 aliphatic carbocycles. The molecule has 0 saturated heterocycles. The second kappa shape index (κ2) is 8.37. The zero-order valence-electron chi connectivity index (χ0n) is 16.2. The Kier molecular flexibility index (Phi) is 5.49. The first-order valence-corrected chi connectivity index (χ1v) is 9.89. The molecule has 1 amide bonds. The summed E-state index contributed by atoms with van der Waals surface area (Å²) in [6, 6.07) is 21.8. The number of benzene rings is 3. The van der Waals surface area contributed by atoms with Gasteiger partial charge in [0.15, 0.2) is 0 Å². The molecule has 5 heteroatoms. The highest BCUT2D eigenvalue weighted by molar-refractivity contribution is 6.07. The minimum Gasteiger partial charge on any atom is -0.399 e. The van der Waals surface area contributed by atoms with Gasteiger partial charge in [-0.2, -0.15) is 0 Å². The number of nitrogens with two attached hydrogens (primary N) is 1. The molecule has 0 spiro atoms. The van der Waals surface area contributed by atoms with E-state index < -0.39 is 0 Å². The molecule has 0 fully saturated rings. The molecular weight excluding hydrogens is 362 g/mol. The predicted molar refractivity (Wildman–Crippen MR) is 118 cm³/mol. The number of nitrogen functional groups attached to an aromatic ring is 1. The second-order valence-corrected chi connectivity index (χ2v) is 7.35. The summed E-state index contributed by atoms with van der Waals surface area (Å²) in [4.78, 5) is 16.4. The fourth-order valence-electron chi connectivity index (χ4n) is 3.78. The summed E-state index contributed by atoms with van der Waals surface area (Å²) < 4.78 is 0. The normalized spacial score (nSPS) is 12.3. The largest absolute Gasteiger partial charge is 0.399 e. The third-order valence-electron chi connectivity index (χ3n) is 5.35. The standard InChI is InChI=1S/C24H25N3O2/c25-18-10-7-16(8-11-18)15-26-24(29)19(5-3-13-28)17-9-12-21-20-4-1-2-6-22(20)27-23(21)14-17/h1-2,4,6-12,14,19,27-28H,3,5,13,15,25H2,(H,26,29). The van der Waals surface area contributed by atoms with Crippen molar-refractivity contribution in [2.45, 2.75) is 25.3 Å². The molecule has 148 valence electrons. The maximum absolute atomic E-state index is 13.0. The van der Waals surface area contributed by atoms with Crippen LogP contribution in [0, 0.1) is 0 Å². The van der Waals surface area contributed by atoms with Gasteiger partial charge in [0.1, 0.15) is 0 Å². The average molecular weight is 387 g/mol. The van der Waals surface area contributed by atoms with Crippen molar-refractivity contribution in [1.29, 1.82) is 0 Å². The van der Waals surface area contributed by atoms with E-state index in [1.807, 2.05) is 42.5 Å². The van der Waals surface area contributed by atoms with Crippen LogP contribution in [0.3, 0.4) is 0 Å². The van der Waals surface area contributed by atoms with E-state index in [0.717, 1.165) is 27.5 Å². The number of carbonyl (C=O) groups excluding carboxylic acids is 1. The summed E-state index contributed by atoms with van der Waals surface area (Å²) in [7, 11) is 0. The molecule has 3 aromatic carbocycles. The molecule has 5 N–H and O–H groups in total. The van der Waals surface area contributed by atoms with E-state index >= 15 is 0 Å². The summed E-state index contributed by atoms with van der Waals surface area (Å²) in [5.74, 6) is -0.350. The number of carbonyl (C=O) groups is 1. The van der Waals surface area contributed by atoms with Gasteiger partial charge in [-0.1, -0.05) is 42.5 Å². The lowest BCUT2D eigenvalue weighted by molar-refractivity contribution is -0.122. The van der Waals surface area contributed by atoms with Crippen LogP contribution < -0.4 is 11.1 Å². The van der Waals surface area contributed by atoms with Gasteiger partial charge in [0.05, 0.1) is 5.92 Å². The molecule has 0 bridgehead atoms. The van der Waals surface area contributed by atoms with Crippen LogP contribution in [0.1, 0.15) is 29.9 Å². The molecular formula is C24H25N3O2. The average Bonchev–Trinajstić information content (AvgIpc) is 3.11. The first kappa shape index (κ1) is 19.0. The second-order valence-electron chi connectivity index (χ2n) is 7.35. The van der Waals surface area contributed by atoms with Crippen LogP contribution in [0.2, 0.25) is 0 Å². The Morgan fingerprint density at radius 1 is 1.00 bits per heavy atom. The minimum absolute atomic E-state index is 0.0364. The van der Waals surface area contributed by atoms with E-state index in [4.69, 9.17) is 5.73 Å². The first-order chi connectivity index (χ1) is 14.2. The van der Waals surface area contributed by atoms with Gasteiger partial charge in [0.25, 0.3) is 0 Å². The number of hydrogen-bond acceptors (Lipinski definition) is 3. The summed E-state index contributed by atoms with van der Waals surface area (Å²) >= 11 is 0. The fraction of sp³-hybridized carbons (Fsp3) is 0.208. The third kappa shape index (κ3) is 4.10. The Balaban J connectivity index is 1.58. The van der Waals surface area contributed by atoms with Crippen LogP contribution in [-0.2, 0) is 11.3 Å². The van der Waals surface area contributed by atoms with Crippen LogP contribution in [-0.4, -0.2) is 22.6 Å². The molecule has 5 nitrogen and oxygen atoms in total. The Labute approximate surface area is 169 Å². The van der Waals surface area contributed by atoms with Crippen LogP contribution in [0.5, 0.6) is 0 Å². The molecule has 1 unspecified atom stereocenters. The molecule has 1 aromatic heterocycles. The van der Waals surface area contributed by atoms with Crippen molar-refractivity contribution in [3.05, 3.63) is 77.9 Å². The van der Waals surface area contributed by atoms with E-state index in [0.29, 0.717) is 25.1 Å². The molecule has 0 aliphatic rings. The van der Waals surface area contributed by atoms with Crippen molar-refractivity contribution in [2.24, 2.45) is 0 Å². The smallest absolute Gasteiger partial charge is 0.227 e. The monoisotopic (exact) mass is 387 g/mol. The van der Waals surface area contributed by atoms with Crippen LogP contribution in [0.15, 0.2) is 66.7 Å². The Morgan fingerprint density at radius 3 is 2.55 bits per heavy atom. The van der Waals surface area contributed by atoms with Crippen molar-refractivity contribution >= 4 is 33.4 Å². The number of anilines is 1. The van der Waals surface area contributed by atoms with Gasteiger partial charge in [-0.25, -0.2) is 0 Å². The number of aliphatic hydroxyl groups is 1. The summed E-state index contributed by atoms with van der Waals surface area (Å²) in [6.07, 6.45) is 1.17. The van der Waals surface area contributed by atoms with Crippen molar-refractivity contribution < 1.29 is 9.90 Å². The highest BCUT2D eigenvalue weighted by Gasteiger charge is 2.21. The Bertz CT molecular complexity index is 1130. The Hall–Kier alpha value is -3.31. The number of aromatic amines is 1. The quantitative estimate of drug-likeness (QED) is 0.360. The van der Waals surface area contributed by atoms with Gasteiger partial charge >= 0.3 is 0 Å². The van der Waals surface area contributed by atoms with Crippen molar-refractivity contribution in [1.82, 2.24) is 10.3 Å². The summed E-state index contributed by atoms with van der Waals surface area (Å²) in [6.45, 7) is 0.514. The van der Waals surface area contributed by atoms with Gasteiger partial charge in [0.2, 0.25) is 5.91 Å². The molecule has 0 radical (unpaired) electrons. The van der Waals surface area contributed by atoms with Gasteiger partial charge in [0, 0.05) is 40.6 Å². The molecule has 0 aliphatic heterocycles. The maximum atomic E-state index is 13.0. The number of nitrogens with one attached hydrogen (secondary N) is 2. The van der Waals surface area contributed by atoms with Crippen molar-refractivity contribution in [3.63, 3.8) is 0 Å². The van der Waals surface area contributed by atoms with Crippen LogP contribution in [0.4, 0.5) is 5.69 Å². The number of H-pyrrole nitrogens is 1. The molecule has 1 atom stereocenters. The lowest BCUT2D eigenvalue weighted by atomic mass is 9.92. The van der Waals surface area contributed by atoms with Crippen LogP contribution in [0.25, 0.3) is 21.8 Å². The molecule has 4 rings (SSSR count). The number of aliphatic hydroxyl groups excluding tert-OH is 1. The van der Waals surface area contributed by atoms with E-state index in [9.17, 15) is 9.90 Å². The van der Waals surface area contributed by atoms with E-state index in [1.54, 1.807) is 0 Å². The van der Waals surface area contributed by atoms with E-state index in [1.165, 1.54) is 5.39 Å². The van der Waals surface area contributed by atoms with Gasteiger partial charge in [-0.3, -0.25) is 4.79 Å². The maximum Gasteiger partial charge on any atom is 0.227 e. The summed E-state index contributed by atoms with van der Waals surface area (Å²) in [5.41, 5.74) is 10.5. The summed E-state index contributed by atoms with van der Waals surface area (Å²) in [5, 5.41) is 14.6. The van der Waals surface area contributed by atoms with Gasteiger partial charge in [-0.15, -0.1) is 0 Å². The van der Waals surface area contributed by atoms with E-state index in [-0.39, 0.29) is 18.4 Å². The first-order valence-electron chi connectivity index (χ1n) is 9.89. The fourth-order valence-corrected chi connectivity index (χ4v) is 3.78. The van der Waals surface area contributed by atoms with Crippen molar-refractivity contribution in [3.8, 4) is 0 Å². The molecule has 1 heterocycles. The number of para-hydroxylation sites is 1.